The van der Waals surface area contributed by atoms with Crippen LogP contribution in [0, 0.1) is 0 Å². The van der Waals surface area contributed by atoms with Crippen LogP contribution in [0.3, 0.4) is 0 Å². The van der Waals surface area contributed by atoms with Gasteiger partial charge in [0.25, 0.3) is 6.08 Å². The summed E-state index contributed by atoms with van der Waals surface area (Å²) < 4.78 is 26.3. The summed E-state index contributed by atoms with van der Waals surface area (Å²) in [6.45, 7) is 4.18. The average Bonchev–Trinajstić information content (AvgIpc) is 2.42. The van der Waals surface area contributed by atoms with E-state index < -0.39 is 6.08 Å². The van der Waals surface area contributed by atoms with Gasteiger partial charge in [-0.1, -0.05) is 68.7 Å². The molecule has 104 valence electrons. The molecule has 0 amide bonds. The molecule has 0 atom stereocenters. The highest BCUT2D eigenvalue weighted by Crippen LogP contribution is 2.29. The van der Waals surface area contributed by atoms with Gasteiger partial charge in [0.15, 0.2) is 0 Å². The van der Waals surface area contributed by atoms with Gasteiger partial charge in [-0.25, -0.2) is 0 Å². The Balaban J connectivity index is 2.93. The van der Waals surface area contributed by atoms with E-state index in [1.807, 2.05) is 6.07 Å². The number of halogens is 2. The Morgan fingerprint density at radius 2 is 1.74 bits per heavy atom. The molecule has 0 spiro atoms. The summed E-state index contributed by atoms with van der Waals surface area (Å²) in [5, 5.41) is 0. The number of rotatable bonds is 7. The van der Waals surface area contributed by atoms with Crippen molar-refractivity contribution in [2.24, 2.45) is 0 Å². The average molecular weight is 264 g/mol. The Kier molecular flexibility index (Phi) is 7.09. The van der Waals surface area contributed by atoms with Crippen LogP contribution >= 0.6 is 0 Å². The van der Waals surface area contributed by atoms with Gasteiger partial charge in [0, 0.05) is 5.57 Å². The van der Waals surface area contributed by atoms with Gasteiger partial charge in [0.1, 0.15) is 0 Å². The number of hydrogen-bond donors (Lipinski definition) is 0. The first-order valence-corrected chi connectivity index (χ1v) is 6.96. The molecule has 2 heteroatoms. The molecule has 0 nitrogen and oxygen atoms in total. The third-order valence-corrected chi connectivity index (χ3v) is 3.05. The maximum atomic E-state index is 13.2. The first-order valence-electron chi connectivity index (χ1n) is 6.96. The van der Waals surface area contributed by atoms with Crippen LogP contribution in [0.5, 0.6) is 0 Å². The molecule has 0 bridgehead atoms. The Morgan fingerprint density at radius 1 is 1.05 bits per heavy atom. The van der Waals surface area contributed by atoms with Crippen LogP contribution in [-0.4, -0.2) is 0 Å². The Bertz CT molecular complexity index is 426. The zero-order valence-electron chi connectivity index (χ0n) is 11.8. The van der Waals surface area contributed by atoms with E-state index in [1.54, 1.807) is 24.3 Å². The van der Waals surface area contributed by atoms with Crippen molar-refractivity contribution in [3.8, 4) is 0 Å². The van der Waals surface area contributed by atoms with Gasteiger partial charge in [-0.15, -0.1) is 0 Å². The third-order valence-electron chi connectivity index (χ3n) is 3.05. The van der Waals surface area contributed by atoms with Gasteiger partial charge in [-0.3, -0.25) is 0 Å². The fraction of sp³-hybridized carbons (Fsp3) is 0.412. The molecule has 0 N–H and O–H groups in total. The van der Waals surface area contributed by atoms with E-state index in [0.29, 0.717) is 12.0 Å². The van der Waals surface area contributed by atoms with E-state index in [0.717, 1.165) is 31.3 Å². The normalized spacial score (nSPS) is 11.5. The van der Waals surface area contributed by atoms with Gasteiger partial charge in [0.05, 0.1) is 0 Å². The molecule has 0 aliphatic heterocycles. The highest BCUT2D eigenvalue weighted by atomic mass is 19.3. The van der Waals surface area contributed by atoms with Crippen LogP contribution in [-0.2, 0) is 0 Å². The number of allylic oxidation sites excluding steroid dienone is 3. The first-order chi connectivity index (χ1) is 9.19. The summed E-state index contributed by atoms with van der Waals surface area (Å²) in [6.07, 6.45) is 4.82. The molecule has 1 rings (SSSR count). The molecule has 0 saturated heterocycles. The minimum absolute atomic E-state index is 0.163. The molecule has 0 aromatic heterocycles. The van der Waals surface area contributed by atoms with Crippen LogP contribution in [0.25, 0.3) is 5.57 Å². The highest BCUT2D eigenvalue weighted by molar-refractivity contribution is 5.68. The molecular weight excluding hydrogens is 242 g/mol. The van der Waals surface area contributed by atoms with Crippen molar-refractivity contribution in [1.29, 1.82) is 0 Å². The van der Waals surface area contributed by atoms with E-state index in [2.05, 4.69) is 19.9 Å². The van der Waals surface area contributed by atoms with Crippen LogP contribution in [0.4, 0.5) is 8.78 Å². The van der Waals surface area contributed by atoms with Gasteiger partial charge in [0.2, 0.25) is 0 Å². The number of unbranched alkanes of at least 4 members (excludes halogenated alkanes) is 1. The second kappa shape index (κ2) is 8.63. The Labute approximate surface area is 114 Å². The van der Waals surface area contributed by atoms with Crippen molar-refractivity contribution in [1.82, 2.24) is 0 Å². The lowest BCUT2D eigenvalue weighted by Gasteiger charge is -2.10. The monoisotopic (exact) mass is 264 g/mol. The zero-order chi connectivity index (χ0) is 14.1. The van der Waals surface area contributed by atoms with Crippen molar-refractivity contribution in [2.45, 2.75) is 46.0 Å². The lowest BCUT2D eigenvalue weighted by atomic mass is 9.96. The van der Waals surface area contributed by atoms with Gasteiger partial charge in [-0.2, -0.15) is 8.78 Å². The molecule has 0 saturated carbocycles. The molecule has 0 radical (unpaired) electrons. The van der Waals surface area contributed by atoms with Crippen molar-refractivity contribution in [2.75, 3.05) is 0 Å². The van der Waals surface area contributed by atoms with E-state index in [-0.39, 0.29) is 5.57 Å². The SMILES string of the molecule is CCC/C=C(\CCC)CC(=C(F)F)c1ccccc1. The molecule has 0 aliphatic rings. The minimum Gasteiger partial charge on any atom is -0.173 e. The fourth-order valence-electron chi connectivity index (χ4n) is 2.08. The maximum absolute atomic E-state index is 13.2. The second-order valence-electron chi connectivity index (χ2n) is 4.68. The fourth-order valence-corrected chi connectivity index (χ4v) is 2.08. The van der Waals surface area contributed by atoms with E-state index in [1.165, 1.54) is 0 Å². The second-order valence-corrected chi connectivity index (χ2v) is 4.68. The largest absolute Gasteiger partial charge is 0.274 e. The van der Waals surface area contributed by atoms with Crippen molar-refractivity contribution >= 4 is 5.57 Å². The van der Waals surface area contributed by atoms with Crippen LogP contribution in [0.2, 0.25) is 0 Å². The maximum Gasteiger partial charge on any atom is 0.274 e. The molecular formula is C17H22F2. The zero-order valence-corrected chi connectivity index (χ0v) is 11.8. The summed E-state index contributed by atoms with van der Waals surface area (Å²) in [6, 6.07) is 8.94. The van der Waals surface area contributed by atoms with Crippen molar-refractivity contribution in [3.63, 3.8) is 0 Å². The van der Waals surface area contributed by atoms with Crippen LogP contribution in [0.1, 0.15) is 51.5 Å². The number of benzene rings is 1. The molecule has 0 fully saturated rings. The standard InChI is InChI=1S/C17H22F2/c1-3-5-10-14(9-4-2)13-16(17(18)19)15-11-7-6-8-12-15/h6-8,10-12H,3-5,9,13H2,1-2H3/b14-10+. The predicted molar refractivity (Wildman–Crippen MR) is 78.1 cm³/mol. The lowest BCUT2D eigenvalue weighted by Crippen LogP contribution is -1.91. The quantitative estimate of drug-likeness (QED) is 0.513. The molecule has 0 heterocycles. The lowest BCUT2D eigenvalue weighted by molar-refractivity contribution is 0.423. The molecule has 19 heavy (non-hydrogen) atoms. The van der Waals surface area contributed by atoms with E-state index in [4.69, 9.17) is 0 Å². The van der Waals surface area contributed by atoms with Gasteiger partial charge >= 0.3 is 0 Å². The van der Waals surface area contributed by atoms with Gasteiger partial charge in [-0.05, 0) is 24.8 Å². The summed E-state index contributed by atoms with van der Waals surface area (Å²) in [4.78, 5) is 0. The highest BCUT2D eigenvalue weighted by Gasteiger charge is 2.11. The van der Waals surface area contributed by atoms with Crippen LogP contribution < -0.4 is 0 Å². The summed E-state index contributed by atoms with van der Waals surface area (Å²) in [7, 11) is 0. The summed E-state index contributed by atoms with van der Waals surface area (Å²) >= 11 is 0. The van der Waals surface area contributed by atoms with Crippen LogP contribution in [0.15, 0.2) is 48.1 Å². The first kappa shape index (κ1) is 15.6. The van der Waals surface area contributed by atoms with Crippen molar-refractivity contribution < 1.29 is 8.78 Å². The summed E-state index contributed by atoms with van der Waals surface area (Å²) in [5.74, 6) is 0. The molecule has 1 aromatic rings. The van der Waals surface area contributed by atoms with E-state index in [9.17, 15) is 8.78 Å². The smallest absolute Gasteiger partial charge is 0.173 e. The van der Waals surface area contributed by atoms with E-state index >= 15 is 0 Å². The van der Waals surface area contributed by atoms with Crippen molar-refractivity contribution in [3.05, 3.63) is 53.6 Å². The Morgan fingerprint density at radius 3 is 2.26 bits per heavy atom. The topological polar surface area (TPSA) is 0 Å². The molecule has 0 aliphatic carbocycles. The minimum atomic E-state index is -1.57. The number of hydrogen-bond acceptors (Lipinski definition) is 0. The molecule has 0 unspecified atom stereocenters. The Hall–Kier alpha value is -1.44. The van der Waals surface area contributed by atoms with Gasteiger partial charge < -0.3 is 0 Å². The summed E-state index contributed by atoms with van der Waals surface area (Å²) in [5.41, 5.74) is 1.91. The molecule has 1 aromatic carbocycles. The third kappa shape index (κ3) is 5.37. The predicted octanol–water partition coefficient (Wildman–Crippen LogP) is 6.21.